The van der Waals surface area contributed by atoms with Crippen molar-refractivity contribution in [3.8, 4) is 0 Å². The van der Waals surface area contributed by atoms with E-state index in [1.165, 1.54) is 6.07 Å². The molecule has 0 aliphatic carbocycles. The zero-order chi connectivity index (χ0) is 13.3. The lowest BCUT2D eigenvalue weighted by Gasteiger charge is -2.19. The third-order valence-electron chi connectivity index (χ3n) is 2.98. The highest BCUT2D eigenvalue weighted by molar-refractivity contribution is 5.62. The van der Waals surface area contributed by atoms with Gasteiger partial charge < -0.3 is 10.6 Å². The first kappa shape index (κ1) is 12.4. The lowest BCUT2D eigenvalue weighted by molar-refractivity contribution is 0.618. The summed E-state index contributed by atoms with van der Waals surface area (Å²) < 4.78 is 13.2. The molecule has 0 atom stereocenters. The smallest absolute Gasteiger partial charge is 0.133 e. The van der Waals surface area contributed by atoms with Crippen LogP contribution in [-0.2, 0) is 0 Å². The summed E-state index contributed by atoms with van der Waals surface area (Å²) in [6.45, 7) is 3.61. The van der Waals surface area contributed by atoms with E-state index in [-0.39, 0.29) is 5.82 Å². The van der Waals surface area contributed by atoms with Crippen molar-refractivity contribution < 1.29 is 4.39 Å². The minimum atomic E-state index is -0.200. The summed E-state index contributed by atoms with van der Waals surface area (Å²) in [5.74, 6) is 0.585. The summed E-state index contributed by atoms with van der Waals surface area (Å²) >= 11 is 0. The molecule has 0 aliphatic heterocycles. The molecule has 0 spiro atoms. The van der Waals surface area contributed by atoms with Gasteiger partial charge >= 0.3 is 0 Å². The van der Waals surface area contributed by atoms with Crippen LogP contribution in [0.4, 0.5) is 21.6 Å². The highest BCUT2D eigenvalue weighted by Gasteiger charge is 2.08. The maximum atomic E-state index is 13.2. The standard InChI is InChI=1S/C14H16FN3/c1-9-8-11(4-5-12(9)15)18(3)14-7-6-13(16)10(2)17-14/h4-8H,16H2,1-3H3. The number of halogens is 1. The van der Waals surface area contributed by atoms with Gasteiger partial charge in [0.15, 0.2) is 0 Å². The molecule has 0 saturated carbocycles. The second kappa shape index (κ2) is 4.64. The van der Waals surface area contributed by atoms with Crippen molar-refractivity contribution in [3.63, 3.8) is 0 Å². The predicted molar refractivity (Wildman–Crippen MR) is 72.6 cm³/mol. The van der Waals surface area contributed by atoms with Crippen molar-refractivity contribution in [2.24, 2.45) is 0 Å². The molecule has 4 heteroatoms. The van der Waals surface area contributed by atoms with E-state index in [0.29, 0.717) is 11.3 Å². The molecule has 0 unspecified atom stereocenters. The second-order valence-corrected chi connectivity index (χ2v) is 4.34. The number of pyridine rings is 1. The number of rotatable bonds is 2. The van der Waals surface area contributed by atoms with Crippen LogP contribution in [0.2, 0.25) is 0 Å². The molecule has 1 heterocycles. The molecule has 94 valence electrons. The largest absolute Gasteiger partial charge is 0.397 e. The van der Waals surface area contributed by atoms with Gasteiger partial charge in [-0.15, -0.1) is 0 Å². The molecular weight excluding hydrogens is 229 g/mol. The first-order chi connectivity index (χ1) is 8.49. The maximum Gasteiger partial charge on any atom is 0.133 e. The third-order valence-corrected chi connectivity index (χ3v) is 2.98. The van der Waals surface area contributed by atoms with Gasteiger partial charge in [0, 0.05) is 12.7 Å². The summed E-state index contributed by atoms with van der Waals surface area (Å²) in [6.07, 6.45) is 0. The van der Waals surface area contributed by atoms with Gasteiger partial charge in [-0.2, -0.15) is 0 Å². The Labute approximate surface area is 106 Å². The summed E-state index contributed by atoms with van der Waals surface area (Å²) in [7, 11) is 1.89. The Hall–Kier alpha value is -2.10. The molecule has 2 aromatic rings. The van der Waals surface area contributed by atoms with Crippen molar-refractivity contribution >= 4 is 17.2 Å². The molecule has 0 bridgehead atoms. The molecule has 0 fully saturated rings. The van der Waals surface area contributed by atoms with Gasteiger partial charge in [-0.25, -0.2) is 9.37 Å². The molecule has 1 aromatic carbocycles. The van der Waals surface area contributed by atoms with Crippen molar-refractivity contribution in [3.05, 3.63) is 47.4 Å². The highest BCUT2D eigenvalue weighted by Crippen LogP contribution is 2.25. The normalized spacial score (nSPS) is 10.4. The molecule has 2 rings (SSSR count). The Morgan fingerprint density at radius 2 is 1.89 bits per heavy atom. The fourth-order valence-corrected chi connectivity index (χ4v) is 1.72. The fourth-order valence-electron chi connectivity index (χ4n) is 1.72. The SMILES string of the molecule is Cc1cc(N(C)c2ccc(N)c(C)n2)ccc1F. The van der Waals surface area contributed by atoms with E-state index in [1.54, 1.807) is 19.1 Å². The summed E-state index contributed by atoms with van der Waals surface area (Å²) in [5, 5.41) is 0. The lowest BCUT2D eigenvalue weighted by atomic mass is 10.2. The number of hydrogen-bond donors (Lipinski definition) is 1. The number of aromatic nitrogens is 1. The van der Waals surface area contributed by atoms with Gasteiger partial charge in [-0.3, -0.25) is 0 Å². The van der Waals surface area contributed by atoms with Crippen molar-refractivity contribution in [1.82, 2.24) is 4.98 Å². The monoisotopic (exact) mass is 245 g/mol. The van der Waals surface area contributed by atoms with Crippen LogP contribution in [0.5, 0.6) is 0 Å². The van der Waals surface area contributed by atoms with Crippen LogP contribution < -0.4 is 10.6 Å². The van der Waals surface area contributed by atoms with Crippen LogP contribution in [0.15, 0.2) is 30.3 Å². The lowest BCUT2D eigenvalue weighted by Crippen LogP contribution is -2.12. The molecule has 2 N–H and O–H groups in total. The van der Waals surface area contributed by atoms with E-state index in [1.807, 2.05) is 31.0 Å². The van der Waals surface area contributed by atoms with E-state index in [2.05, 4.69) is 4.98 Å². The summed E-state index contributed by atoms with van der Waals surface area (Å²) in [5.41, 5.74) is 8.71. The third kappa shape index (κ3) is 2.27. The molecule has 3 nitrogen and oxygen atoms in total. The van der Waals surface area contributed by atoms with E-state index < -0.39 is 0 Å². The molecule has 0 aliphatic rings. The van der Waals surface area contributed by atoms with Gasteiger partial charge in [-0.05, 0) is 49.7 Å². The number of anilines is 3. The Morgan fingerprint density at radius 3 is 2.50 bits per heavy atom. The van der Waals surface area contributed by atoms with E-state index in [4.69, 9.17) is 5.73 Å². The van der Waals surface area contributed by atoms with Crippen LogP contribution in [0, 0.1) is 19.7 Å². The number of nitrogen functional groups attached to an aromatic ring is 1. The predicted octanol–water partition coefficient (Wildman–Crippen LogP) is 3.19. The molecule has 0 radical (unpaired) electrons. The second-order valence-electron chi connectivity index (χ2n) is 4.34. The Balaban J connectivity index is 2.37. The first-order valence-corrected chi connectivity index (χ1v) is 5.72. The van der Waals surface area contributed by atoms with E-state index in [9.17, 15) is 4.39 Å². The highest BCUT2D eigenvalue weighted by atomic mass is 19.1. The number of hydrogen-bond acceptors (Lipinski definition) is 3. The van der Waals surface area contributed by atoms with Crippen LogP contribution in [-0.4, -0.2) is 12.0 Å². The minimum Gasteiger partial charge on any atom is -0.397 e. The first-order valence-electron chi connectivity index (χ1n) is 5.72. The quantitative estimate of drug-likeness (QED) is 0.883. The molecular formula is C14H16FN3. The van der Waals surface area contributed by atoms with Gasteiger partial charge in [0.1, 0.15) is 11.6 Å². The summed E-state index contributed by atoms with van der Waals surface area (Å²) in [4.78, 5) is 6.31. The van der Waals surface area contributed by atoms with Gasteiger partial charge in [-0.1, -0.05) is 0 Å². The Morgan fingerprint density at radius 1 is 1.17 bits per heavy atom. The van der Waals surface area contributed by atoms with E-state index >= 15 is 0 Å². The Kier molecular flexibility index (Phi) is 3.19. The topological polar surface area (TPSA) is 42.1 Å². The zero-order valence-electron chi connectivity index (χ0n) is 10.7. The van der Waals surface area contributed by atoms with Gasteiger partial charge in [0.2, 0.25) is 0 Å². The Bertz CT molecular complexity index is 530. The van der Waals surface area contributed by atoms with Gasteiger partial charge in [0.05, 0.1) is 11.4 Å². The van der Waals surface area contributed by atoms with E-state index in [0.717, 1.165) is 17.2 Å². The molecule has 18 heavy (non-hydrogen) atoms. The average molecular weight is 245 g/mol. The average Bonchev–Trinajstić information content (AvgIpc) is 2.35. The number of nitrogens with two attached hydrogens (primary N) is 1. The molecule has 0 amide bonds. The number of aryl methyl sites for hydroxylation is 2. The number of nitrogens with zero attached hydrogens (tertiary/aromatic N) is 2. The van der Waals surface area contributed by atoms with Crippen molar-refractivity contribution in [2.45, 2.75) is 13.8 Å². The van der Waals surface area contributed by atoms with Crippen LogP contribution in [0.3, 0.4) is 0 Å². The summed E-state index contributed by atoms with van der Waals surface area (Å²) in [6, 6.07) is 8.66. The number of benzene rings is 1. The molecule has 1 aromatic heterocycles. The maximum absolute atomic E-state index is 13.2. The fraction of sp³-hybridized carbons (Fsp3) is 0.214. The van der Waals surface area contributed by atoms with Crippen LogP contribution >= 0.6 is 0 Å². The molecule has 0 saturated heterocycles. The van der Waals surface area contributed by atoms with Gasteiger partial charge in [0.25, 0.3) is 0 Å². The zero-order valence-corrected chi connectivity index (χ0v) is 10.7. The minimum absolute atomic E-state index is 0.200. The van der Waals surface area contributed by atoms with Crippen molar-refractivity contribution in [2.75, 3.05) is 17.7 Å². The van der Waals surface area contributed by atoms with Crippen molar-refractivity contribution in [1.29, 1.82) is 0 Å². The van der Waals surface area contributed by atoms with Crippen LogP contribution in [0.1, 0.15) is 11.3 Å². The van der Waals surface area contributed by atoms with Crippen LogP contribution in [0.25, 0.3) is 0 Å².